The molecule has 1 amide bonds. The second kappa shape index (κ2) is 6.77. The number of benzene rings is 1. The van der Waals surface area contributed by atoms with E-state index in [0.29, 0.717) is 17.5 Å². The zero-order valence-electron chi connectivity index (χ0n) is 12.8. The highest BCUT2D eigenvalue weighted by atomic mass is 35.5. The number of likely N-dealkylation sites (tertiary alicyclic amines) is 1. The van der Waals surface area contributed by atoms with Crippen molar-refractivity contribution in [3.63, 3.8) is 0 Å². The summed E-state index contributed by atoms with van der Waals surface area (Å²) in [5, 5.41) is 13.5. The Balaban J connectivity index is 2.01. The van der Waals surface area contributed by atoms with Crippen molar-refractivity contribution >= 4 is 23.2 Å². The molecule has 1 aliphatic heterocycles. The molecular formula is C16H23ClN2O2. The molecule has 1 heterocycles. The largest absolute Gasteiger partial charge is 0.392 e. The highest BCUT2D eigenvalue weighted by Gasteiger charge is 2.30. The SMILES string of the molecule is Cc1ccc(Cl)cc1NC(=O)C(C)N1CCC(C)C(O)C1. The number of carbonyl (C=O) groups excluding carboxylic acids is 1. The van der Waals surface area contributed by atoms with Gasteiger partial charge in [0, 0.05) is 17.3 Å². The summed E-state index contributed by atoms with van der Waals surface area (Å²) >= 11 is 5.97. The van der Waals surface area contributed by atoms with Crippen LogP contribution in [0.1, 0.15) is 25.8 Å². The molecule has 116 valence electrons. The molecule has 0 bridgehead atoms. The van der Waals surface area contributed by atoms with E-state index in [-0.39, 0.29) is 18.1 Å². The van der Waals surface area contributed by atoms with Crippen LogP contribution in [-0.2, 0) is 4.79 Å². The second-order valence-electron chi connectivity index (χ2n) is 5.95. The Bertz CT molecular complexity index is 521. The van der Waals surface area contributed by atoms with Crippen molar-refractivity contribution in [3.05, 3.63) is 28.8 Å². The van der Waals surface area contributed by atoms with Crippen LogP contribution in [0.2, 0.25) is 5.02 Å². The van der Waals surface area contributed by atoms with Crippen LogP contribution >= 0.6 is 11.6 Å². The van der Waals surface area contributed by atoms with E-state index in [9.17, 15) is 9.90 Å². The van der Waals surface area contributed by atoms with Gasteiger partial charge in [0.15, 0.2) is 0 Å². The van der Waals surface area contributed by atoms with Crippen molar-refractivity contribution in [2.45, 2.75) is 39.3 Å². The van der Waals surface area contributed by atoms with Crippen LogP contribution in [0.25, 0.3) is 0 Å². The predicted octanol–water partition coefficient (Wildman–Crippen LogP) is 2.68. The van der Waals surface area contributed by atoms with Gasteiger partial charge in [-0.2, -0.15) is 0 Å². The number of rotatable bonds is 3. The summed E-state index contributed by atoms with van der Waals surface area (Å²) in [7, 11) is 0. The molecule has 21 heavy (non-hydrogen) atoms. The maximum Gasteiger partial charge on any atom is 0.241 e. The number of nitrogens with one attached hydrogen (secondary N) is 1. The van der Waals surface area contributed by atoms with Crippen molar-refractivity contribution in [1.82, 2.24) is 4.90 Å². The van der Waals surface area contributed by atoms with Crippen molar-refractivity contribution in [2.24, 2.45) is 5.92 Å². The lowest BCUT2D eigenvalue weighted by atomic mass is 9.95. The maximum absolute atomic E-state index is 12.4. The van der Waals surface area contributed by atoms with Crippen LogP contribution in [0, 0.1) is 12.8 Å². The summed E-state index contributed by atoms with van der Waals surface area (Å²) in [4.78, 5) is 14.4. The molecule has 0 spiro atoms. The van der Waals surface area contributed by atoms with Crippen molar-refractivity contribution in [3.8, 4) is 0 Å². The van der Waals surface area contributed by atoms with E-state index in [4.69, 9.17) is 11.6 Å². The number of amides is 1. The first-order valence-corrected chi connectivity index (χ1v) is 7.75. The molecule has 1 aromatic carbocycles. The quantitative estimate of drug-likeness (QED) is 0.902. The van der Waals surface area contributed by atoms with Gasteiger partial charge in [-0.25, -0.2) is 0 Å². The van der Waals surface area contributed by atoms with Crippen LogP contribution in [0.5, 0.6) is 0 Å². The Kier molecular flexibility index (Phi) is 5.25. The third-order valence-electron chi connectivity index (χ3n) is 4.33. The van der Waals surface area contributed by atoms with Gasteiger partial charge in [-0.15, -0.1) is 0 Å². The molecule has 3 unspecified atom stereocenters. The molecule has 4 nitrogen and oxygen atoms in total. The average Bonchev–Trinajstić information content (AvgIpc) is 2.45. The van der Waals surface area contributed by atoms with Gasteiger partial charge in [0.05, 0.1) is 12.1 Å². The standard InChI is InChI=1S/C16H23ClN2O2/c1-10-4-5-13(17)8-14(10)18-16(21)12(3)19-7-6-11(2)15(20)9-19/h4-5,8,11-12,15,20H,6-7,9H2,1-3H3,(H,18,21). The first kappa shape index (κ1) is 16.3. The summed E-state index contributed by atoms with van der Waals surface area (Å²) in [5.41, 5.74) is 1.72. The van der Waals surface area contributed by atoms with Gasteiger partial charge in [0.2, 0.25) is 5.91 Å². The number of aliphatic hydroxyl groups excluding tert-OH is 1. The minimum Gasteiger partial charge on any atom is -0.392 e. The Morgan fingerprint density at radius 3 is 2.90 bits per heavy atom. The molecule has 0 aliphatic carbocycles. The van der Waals surface area contributed by atoms with E-state index in [1.165, 1.54) is 0 Å². The Labute approximate surface area is 131 Å². The minimum absolute atomic E-state index is 0.0675. The molecular weight excluding hydrogens is 288 g/mol. The Morgan fingerprint density at radius 1 is 1.52 bits per heavy atom. The van der Waals surface area contributed by atoms with E-state index in [1.807, 2.05) is 31.7 Å². The van der Waals surface area contributed by atoms with Crippen LogP contribution in [0.3, 0.4) is 0 Å². The zero-order valence-corrected chi connectivity index (χ0v) is 13.5. The topological polar surface area (TPSA) is 52.6 Å². The summed E-state index contributed by atoms with van der Waals surface area (Å²) in [6.45, 7) is 7.23. The van der Waals surface area contributed by atoms with E-state index in [1.54, 1.807) is 12.1 Å². The lowest BCUT2D eigenvalue weighted by molar-refractivity contribution is -0.122. The molecule has 1 aliphatic rings. The van der Waals surface area contributed by atoms with Gasteiger partial charge in [-0.3, -0.25) is 9.69 Å². The smallest absolute Gasteiger partial charge is 0.241 e. The van der Waals surface area contributed by atoms with E-state index in [0.717, 1.165) is 24.2 Å². The van der Waals surface area contributed by atoms with Gasteiger partial charge >= 0.3 is 0 Å². The van der Waals surface area contributed by atoms with Gasteiger partial charge in [-0.1, -0.05) is 24.6 Å². The fourth-order valence-electron chi connectivity index (χ4n) is 2.56. The van der Waals surface area contributed by atoms with Crippen LogP contribution in [0.15, 0.2) is 18.2 Å². The molecule has 1 aromatic rings. The molecule has 0 aromatic heterocycles. The number of halogens is 1. The zero-order chi connectivity index (χ0) is 15.6. The Hall–Kier alpha value is -1.10. The van der Waals surface area contributed by atoms with Crippen molar-refractivity contribution in [2.75, 3.05) is 18.4 Å². The van der Waals surface area contributed by atoms with Crippen LogP contribution < -0.4 is 5.32 Å². The number of anilines is 1. The van der Waals surface area contributed by atoms with Gasteiger partial charge in [-0.05, 0) is 50.4 Å². The minimum atomic E-state index is -0.359. The maximum atomic E-state index is 12.4. The van der Waals surface area contributed by atoms with E-state index < -0.39 is 0 Å². The monoisotopic (exact) mass is 310 g/mol. The highest BCUT2D eigenvalue weighted by Crippen LogP contribution is 2.22. The number of aryl methyl sites for hydroxylation is 1. The highest BCUT2D eigenvalue weighted by molar-refractivity contribution is 6.31. The fourth-order valence-corrected chi connectivity index (χ4v) is 2.73. The third-order valence-corrected chi connectivity index (χ3v) is 4.57. The van der Waals surface area contributed by atoms with Crippen LogP contribution in [0.4, 0.5) is 5.69 Å². The van der Waals surface area contributed by atoms with Gasteiger partial charge in [0.1, 0.15) is 0 Å². The average molecular weight is 311 g/mol. The molecule has 0 radical (unpaired) electrons. The van der Waals surface area contributed by atoms with E-state index >= 15 is 0 Å². The van der Waals surface area contributed by atoms with Gasteiger partial charge in [0.25, 0.3) is 0 Å². The number of hydrogen-bond acceptors (Lipinski definition) is 3. The molecule has 5 heteroatoms. The number of piperidine rings is 1. The third kappa shape index (κ3) is 3.96. The summed E-state index contributed by atoms with van der Waals surface area (Å²) in [6, 6.07) is 5.17. The van der Waals surface area contributed by atoms with Crippen LogP contribution in [-0.4, -0.2) is 41.1 Å². The molecule has 2 N–H and O–H groups in total. The molecule has 3 atom stereocenters. The number of β-amino-alcohol motifs (C(OH)–C–C–N with tert-alkyl or cyclic N) is 1. The van der Waals surface area contributed by atoms with Crippen molar-refractivity contribution in [1.29, 1.82) is 0 Å². The lowest BCUT2D eigenvalue weighted by Crippen LogP contribution is -2.50. The van der Waals surface area contributed by atoms with E-state index in [2.05, 4.69) is 5.32 Å². The second-order valence-corrected chi connectivity index (χ2v) is 6.39. The number of nitrogens with zero attached hydrogens (tertiary/aromatic N) is 1. The number of hydrogen-bond donors (Lipinski definition) is 2. The normalized spacial score (nSPS) is 24.6. The fraction of sp³-hybridized carbons (Fsp3) is 0.562. The predicted molar refractivity (Wildman–Crippen MR) is 85.6 cm³/mol. The molecule has 1 fully saturated rings. The summed E-state index contributed by atoms with van der Waals surface area (Å²) in [5.74, 6) is 0.230. The number of aliphatic hydroxyl groups is 1. The van der Waals surface area contributed by atoms with Gasteiger partial charge < -0.3 is 10.4 Å². The first-order chi connectivity index (χ1) is 9.88. The number of carbonyl (C=O) groups is 1. The lowest BCUT2D eigenvalue weighted by Gasteiger charge is -2.37. The molecule has 1 saturated heterocycles. The van der Waals surface area contributed by atoms with Crippen molar-refractivity contribution < 1.29 is 9.90 Å². The summed E-state index contributed by atoms with van der Waals surface area (Å²) in [6.07, 6.45) is 0.552. The first-order valence-electron chi connectivity index (χ1n) is 7.37. The molecule has 2 rings (SSSR count). The summed E-state index contributed by atoms with van der Waals surface area (Å²) < 4.78 is 0. The molecule has 0 saturated carbocycles. The Morgan fingerprint density at radius 2 is 2.24 bits per heavy atom.